The summed E-state index contributed by atoms with van der Waals surface area (Å²) >= 11 is 3.44. The third-order valence-corrected chi connectivity index (χ3v) is 3.63. The summed E-state index contributed by atoms with van der Waals surface area (Å²) in [6.45, 7) is 5.64. The fraction of sp³-hybridized carbons (Fsp3) is 0.917. The Morgan fingerprint density at radius 2 is 2.06 bits per heavy atom. The lowest BCUT2D eigenvalue weighted by Crippen LogP contribution is -2.37. The predicted molar refractivity (Wildman–Crippen MR) is 68.8 cm³/mol. The zero-order valence-corrected chi connectivity index (χ0v) is 11.7. The van der Waals surface area contributed by atoms with E-state index in [-0.39, 0.29) is 11.9 Å². The van der Waals surface area contributed by atoms with E-state index in [4.69, 9.17) is 4.74 Å². The van der Waals surface area contributed by atoms with E-state index in [2.05, 4.69) is 20.8 Å². The van der Waals surface area contributed by atoms with Crippen LogP contribution in [0.4, 0.5) is 0 Å². The molecule has 0 bridgehead atoms. The van der Waals surface area contributed by atoms with E-state index >= 15 is 0 Å². The molecule has 1 aliphatic rings. The van der Waals surface area contributed by atoms with Crippen molar-refractivity contribution >= 4 is 21.9 Å². The number of nitrogens with zero attached hydrogens (tertiary/aromatic N) is 1. The molecule has 3 nitrogen and oxygen atoms in total. The molecule has 0 spiro atoms. The number of likely N-dealkylation sites (tertiary alicyclic amines) is 1. The van der Waals surface area contributed by atoms with Gasteiger partial charge >= 0.3 is 5.97 Å². The number of rotatable bonds is 6. The molecule has 16 heavy (non-hydrogen) atoms. The summed E-state index contributed by atoms with van der Waals surface area (Å²) in [4.78, 5) is 14.0. The highest BCUT2D eigenvalue weighted by Gasteiger charge is 2.25. The second-order valence-corrected chi connectivity index (χ2v) is 5.06. The molecule has 4 heteroatoms. The molecule has 0 amide bonds. The Labute approximate surface area is 107 Å². The molecule has 0 aromatic rings. The van der Waals surface area contributed by atoms with Crippen molar-refractivity contribution in [3.05, 3.63) is 0 Å². The van der Waals surface area contributed by atoms with Gasteiger partial charge < -0.3 is 9.64 Å². The van der Waals surface area contributed by atoms with Gasteiger partial charge in [-0.3, -0.25) is 4.79 Å². The first kappa shape index (κ1) is 14.0. The number of piperidine rings is 1. The molecule has 0 saturated carbocycles. The smallest absolute Gasteiger partial charge is 0.309 e. The number of hydrogen-bond acceptors (Lipinski definition) is 3. The Kier molecular flexibility index (Phi) is 7.05. The summed E-state index contributed by atoms with van der Waals surface area (Å²) in [5, 5.41) is 1.09. The van der Waals surface area contributed by atoms with Crippen molar-refractivity contribution < 1.29 is 9.53 Å². The second-order valence-electron chi connectivity index (χ2n) is 4.26. The number of ether oxygens (including phenoxy) is 1. The predicted octanol–water partition coefficient (Wildman–Crippen LogP) is 2.44. The molecule has 0 aromatic heterocycles. The molecular formula is C12H22BrNO2. The van der Waals surface area contributed by atoms with Crippen LogP contribution in [0.25, 0.3) is 0 Å². The van der Waals surface area contributed by atoms with Gasteiger partial charge in [0, 0.05) is 5.33 Å². The largest absolute Gasteiger partial charge is 0.466 e. The topological polar surface area (TPSA) is 29.5 Å². The average Bonchev–Trinajstić information content (AvgIpc) is 2.30. The third-order valence-electron chi connectivity index (χ3n) is 3.07. The Morgan fingerprint density at radius 3 is 2.62 bits per heavy atom. The van der Waals surface area contributed by atoms with Gasteiger partial charge in [0.05, 0.1) is 12.5 Å². The van der Waals surface area contributed by atoms with Crippen LogP contribution < -0.4 is 0 Å². The van der Waals surface area contributed by atoms with Crippen LogP contribution in [0, 0.1) is 5.92 Å². The average molecular weight is 292 g/mol. The lowest BCUT2D eigenvalue weighted by atomic mass is 9.97. The van der Waals surface area contributed by atoms with Crippen molar-refractivity contribution in [1.29, 1.82) is 0 Å². The molecule has 1 saturated heterocycles. The van der Waals surface area contributed by atoms with E-state index in [9.17, 15) is 4.79 Å². The minimum Gasteiger partial charge on any atom is -0.466 e. The Hall–Kier alpha value is -0.0900. The van der Waals surface area contributed by atoms with Gasteiger partial charge in [-0.05, 0) is 52.2 Å². The fourth-order valence-electron chi connectivity index (χ4n) is 2.08. The molecule has 0 radical (unpaired) electrons. The normalized spacial score (nSPS) is 18.6. The van der Waals surface area contributed by atoms with E-state index in [1.807, 2.05) is 6.92 Å². The highest BCUT2D eigenvalue weighted by atomic mass is 79.9. The number of carbonyl (C=O) groups is 1. The molecule has 1 rings (SSSR count). The van der Waals surface area contributed by atoms with Crippen LogP contribution in [-0.2, 0) is 9.53 Å². The standard InChI is InChI=1S/C12H22BrNO2/c1-2-16-12(15)11-5-9-14(10-6-11)8-4-3-7-13/h11H,2-10H2,1H3. The number of halogens is 1. The van der Waals surface area contributed by atoms with Gasteiger partial charge in [-0.1, -0.05) is 15.9 Å². The first-order chi connectivity index (χ1) is 7.77. The molecule has 1 fully saturated rings. The van der Waals surface area contributed by atoms with Crippen LogP contribution in [0.3, 0.4) is 0 Å². The summed E-state index contributed by atoms with van der Waals surface area (Å²) in [7, 11) is 0. The summed E-state index contributed by atoms with van der Waals surface area (Å²) in [6, 6.07) is 0. The van der Waals surface area contributed by atoms with Crippen molar-refractivity contribution in [1.82, 2.24) is 4.90 Å². The maximum absolute atomic E-state index is 11.5. The van der Waals surface area contributed by atoms with Crippen LogP contribution in [-0.4, -0.2) is 42.4 Å². The summed E-state index contributed by atoms with van der Waals surface area (Å²) in [5.41, 5.74) is 0. The van der Waals surface area contributed by atoms with Crippen molar-refractivity contribution in [3.63, 3.8) is 0 Å². The number of alkyl halides is 1. The molecule has 0 N–H and O–H groups in total. The van der Waals surface area contributed by atoms with E-state index in [1.165, 1.54) is 19.4 Å². The van der Waals surface area contributed by atoms with Crippen LogP contribution in [0.15, 0.2) is 0 Å². The monoisotopic (exact) mass is 291 g/mol. The third kappa shape index (κ3) is 4.83. The fourth-order valence-corrected chi connectivity index (χ4v) is 2.48. The van der Waals surface area contributed by atoms with Gasteiger partial charge in [0.15, 0.2) is 0 Å². The van der Waals surface area contributed by atoms with E-state index in [0.717, 1.165) is 31.3 Å². The van der Waals surface area contributed by atoms with Crippen LogP contribution in [0.5, 0.6) is 0 Å². The Bertz CT molecular complexity index is 203. The number of carbonyl (C=O) groups excluding carboxylic acids is 1. The van der Waals surface area contributed by atoms with Gasteiger partial charge in [0.25, 0.3) is 0 Å². The van der Waals surface area contributed by atoms with Gasteiger partial charge in [-0.25, -0.2) is 0 Å². The SMILES string of the molecule is CCOC(=O)C1CCN(CCCCBr)CC1. The molecule has 0 aromatic carbocycles. The number of unbranched alkanes of at least 4 members (excludes halogenated alkanes) is 1. The van der Waals surface area contributed by atoms with Crippen LogP contribution in [0.1, 0.15) is 32.6 Å². The number of esters is 1. The quantitative estimate of drug-likeness (QED) is 0.428. The lowest BCUT2D eigenvalue weighted by molar-refractivity contribution is -0.149. The Morgan fingerprint density at radius 1 is 1.38 bits per heavy atom. The molecule has 1 heterocycles. The van der Waals surface area contributed by atoms with Crippen LogP contribution in [0.2, 0.25) is 0 Å². The van der Waals surface area contributed by atoms with Crippen molar-refractivity contribution in [2.24, 2.45) is 5.92 Å². The molecular weight excluding hydrogens is 270 g/mol. The van der Waals surface area contributed by atoms with Crippen molar-refractivity contribution in [3.8, 4) is 0 Å². The van der Waals surface area contributed by atoms with Crippen molar-refractivity contribution in [2.75, 3.05) is 31.6 Å². The van der Waals surface area contributed by atoms with E-state index in [0.29, 0.717) is 6.61 Å². The summed E-state index contributed by atoms with van der Waals surface area (Å²) < 4.78 is 5.05. The van der Waals surface area contributed by atoms with E-state index in [1.54, 1.807) is 0 Å². The maximum atomic E-state index is 11.5. The Balaban J connectivity index is 2.15. The lowest BCUT2D eigenvalue weighted by Gasteiger charge is -2.30. The van der Waals surface area contributed by atoms with Gasteiger partial charge in [0.1, 0.15) is 0 Å². The van der Waals surface area contributed by atoms with Gasteiger partial charge in [-0.2, -0.15) is 0 Å². The highest BCUT2D eigenvalue weighted by molar-refractivity contribution is 9.09. The van der Waals surface area contributed by atoms with Crippen LogP contribution >= 0.6 is 15.9 Å². The molecule has 0 unspecified atom stereocenters. The first-order valence-corrected chi connectivity index (χ1v) is 7.35. The van der Waals surface area contributed by atoms with Crippen molar-refractivity contribution in [2.45, 2.75) is 32.6 Å². The molecule has 0 aliphatic carbocycles. The number of hydrogen-bond donors (Lipinski definition) is 0. The second kappa shape index (κ2) is 8.07. The summed E-state index contributed by atoms with van der Waals surface area (Å²) in [6.07, 6.45) is 4.41. The maximum Gasteiger partial charge on any atom is 0.309 e. The minimum absolute atomic E-state index is 0.00241. The van der Waals surface area contributed by atoms with Gasteiger partial charge in [-0.15, -0.1) is 0 Å². The molecule has 0 atom stereocenters. The first-order valence-electron chi connectivity index (χ1n) is 6.23. The summed E-state index contributed by atoms with van der Waals surface area (Å²) in [5.74, 6) is 0.148. The van der Waals surface area contributed by atoms with Gasteiger partial charge in [0.2, 0.25) is 0 Å². The zero-order valence-electron chi connectivity index (χ0n) is 10.1. The minimum atomic E-state index is 0.00241. The molecule has 1 aliphatic heterocycles. The highest BCUT2D eigenvalue weighted by Crippen LogP contribution is 2.18. The molecule has 94 valence electrons. The van der Waals surface area contributed by atoms with E-state index < -0.39 is 0 Å². The zero-order chi connectivity index (χ0) is 11.8.